The third-order valence-electron chi connectivity index (χ3n) is 5.94. The Morgan fingerprint density at radius 3 is 2.24 bits per heavy atom. The van der Waals surface area contributed by atoms with Crippen LogP contribution < -0.4 is 15.2 Å². The van der Waals surface area contributed by atoms with Gasteiger partial charge in [0.25, 0.3) is 0 Å². The first-order valence-corrected chi connectivity index (χ1v) is 10.4. The Bertz CT molecular complexity index is 1140. The van der Waals surface area contributed by atoms with Crippen molar-refractivity contribution >= 4 is 5.69 Å². The smallest absolute Gasteiger partial charge is 0.161 e. The Kier molecular flexibility index (Phi) is 6.38. The summed E-state index contributed by atoms with van der Waals surface area (Å²) in [6.45, 7) is 0.257. The number of anilines is 1. The highest BCUT2D eigenvalue weighted by Crippen LogP contribution is 2.39. The van der Waals surface area contributed by atoms with E-state index in [4.69, 9.17) is 19.9 Å². The average Bonchev–Trinajstić information content (AvgIpc) is 2.83. The first kappa shape index (κ1) is 22.8. The molecular weight excluding hydrogens is 430 g/mol. The Balaban J connectivity index is 1.77. The summed E-state index contributed by atoms with van der Waals surface area (Å²) in [5.41, 5.74) is 7.77. The number of rotatable bonds is 4. The molecular formula is C23H23N3O7. The molecule has 4 rings (SSSR count). The number of ether oxygens (including phenoxy) is 3. The van der Waals surface area contributed by atoms with Crippen molar-refractivity contribution in [3.05, 3.63) is 41.0 Å². The van der Waals surface area contributed by atoms with Gasteiger partial charge in [-0.2, -0.15) is 10.5 Å². The molecule has 0 radical (unpaired) electrons. The minimum atomic E-state index is -1.54. The van der Waals surface area contributed by atoms with Crippen LogP contribution in [0.3, 0.4) is 0 Å². The van der Waals surface area contributed by atoms with Crippen LogP contribution in [0.4, 0.5) is 5.69 Å². The molecule has 6 N–H and O–H groups in total. The lowest BCUT2D eigenvalue weighted by molar-refractivity contribution is -0.228. The van der Waals surface area contributed by atoms with Crippen LogP contribution in [-0.2, 0) is 11.2 Å². The minimum absolute atomic E-state index is 0.0213. The molecule has 1 fully saturated rings. The molecule has 0 spiro atoms. The van der Waals surface area contributed by atoms with Crippen molar-refractivity contribution in [1.82, 2.24) is 0 Å². The molecule has 172 valence electrons. The van der Waals surface area contributed by atoms with Gasteiger partial charge in [-0.25, -0.2) is 0 Å². The Morgan fingerprint density at radius 1 is 0.909 bits per heavy atom. The van der Waals surface area contributed by atoms with Crippen molar-refractivity contribution in [2.45, 2.75) is 36.9 Å². The molecule has 2 aliphatic heterocycles. The second-order valence-corrected chi connectivity index (χ2v) is 7.90. The first-order valence-electron chi connectivity index (χ1n) is 10.4. The summed E-state index contributed by atoms with van der Waals surface area (Å²) in [6, 6.07) is 10.8. The molecule has 1 saturated heterocycles. The van der Waals surface area contributed by atoms with Gasteiger partial charge in [-0.15, -0.1) is 0 Å². The van der Waals surface area contributed by atoms with Gasteiger partial charge in [0.05, 0.1) is 29.5 Å². The zero-order valence-electron chi connectivity index (χ0n) is 17.5. The van der Waals surface area contributed by atoms with E-state index in [1.54, 1.807) is 24.3 Å². The van der Waals surface area contributed by atoms with E-state index in [9.17, 15) is 30.9 Å². The normalized spacial score (nSPS) is 26.3. The lowest BCUT2D eigenvalue weighted by Crippen LogP contribution is -2.59. The molecule has 2 aromatic rings. The molecule has 0 aromatic heterocycles. The van der Waals surface area contributed by atoms with Gasteiger partial charge in [-0.1, -0.05) is 6.07 Å². The topological polar surface area (TPSA) is 182 Å². The molecule has 0 saturated carbocycles. The van der Waals surface area contributed by atoms with E-state index < -0.39 is 37.1 Å². The van der Waals surface area contributed by atoms with E-state index in [1.165, 1.54) is 0 Å². The highest BCUT2D eigenvalue weighted by Gasteiger charge is 2.43. The van der Waals surface area contributed by atoms with E-state index in [-0.39, 0.29) is 23.2 Å². The van der Waals surface area contributed by atoms with Crippen molar-refractivity contribution in [3.63, 3.8) is 0 Å². The van der Waals surface area contributed by atoms with Crippen molar-refractivity contribution in [2.75, 3.05) is 25.6 Å². The SMILES string of the molecule is N#Cc1c(C[C@@H]2O[C@H](CO)[C@@H](O)[C@H](O)[C@H]2O)cc(-c2ccc3c(c2)OCCO3)c(C#N)c1N. The maximum atomic E-state index is 10.4. The summed E-state index contributed by atoms with van der Waals surface area (Å²) in [5.74, 6) is 1.09. The summed E-state index contributed by atoms with van der Waals surface area (Å²) in [4.78, 5) is 0. The van der Waals surface area contributed by atoms with Crippen molar-refractivity contribution < 1.29 is 34.6 Å². The van der Waals surface area contributed by atoms with Gasteiger partial charge >= 0.3 is 0 Å². The molecule has 10 heteroatoms. The second-order valence-electron chi connectivity index (χ2n) is 7.90. The van der Waals surface area contributed by atoms with Crippen LogP contribution in [0.5, 0.6) is 11.5 Å². The zero-order valence-corrected chi connectivity index (χ0v) is 17.5. The number of aliphatic hydroxyl groups excluding tert-OH is 4. The number of hydrogen-bond donors (Lipinski definition) is 5. The summed E-state index contributed by atoms with van der Waals surface area (Å²) in [7, 11) is 0. The molecule has 0 unspecified atom stereocenters. The van der Waals surface area contributed by atoms with Crippen LogP contribution in [-0.4, -0.2) is 70.8 Å². The Labute approximate surface area is 189 Å². The third-order valence-corrected chi connectivity index (χ3v) is 5.94. The van der Waals surface area contributed by atoms with Gasteiger partial charge in [0.2, 0.25) is 0 Å². The second kappa shape index (κ2) is 9.24. The first-order chi connectivity index (χ1) is 15.9. The van der Waals surface area contributed by atoms with Crippen molar-refractivity contribution in [3.8, 4) is 34.8 Å². The van der Waals surface area contributed by atoms with E-state index in [0.717, 1.165) is 0 Å². The molecule has 33 heavy (non-hydrogen) atoms. The van der Waals surface area contributed by atoms with Gasteiger partial charge in [-0.3, -0.25) is 0 Å². The number of fused-ring (bicyclic) bond motifs is 1. The number of nitrogens with two attached hydrogens (primary N) is 1. The highest BCUT2D eigenvalue weighted by molar-refractivity contribution is 5.82. The molecule has 5 atom stereocenters. The average molecular weight is 453 g/mol. The lowest BCUT2D eigenvalue weighted by atomic mass is 9.87. The molecule has 0 aliphatic carbocycles. The van der Waals surface area contributed by atoms with Crippen molar-refractivity contribution in [1.29, 1.82) is 10.5 Å². The standard InChI is InChI=1S/C23H23N3O7/c24-8-14-12(7-18-21(28)23(30)22(29)19(10-27)33-18)5-13(15(9-25)20(14)26)11-1-2-16-17(6-11)32-4-3-31-16/h1-2,5-6,18-19,21-23,27-30H,3-4,7,10,26H2/t18-,19+,21-,22+,23+/m0/s1. The molecule has 10 nitrogen and oxygen atoms in total. The predicted molar refractivity (Wildman–Crippen MR) is 114 cm³/mol. The largest absolute Gasteiger partial charge is 0.486 e. The number of hydrogen-bond acceptors (Lipinski definition) is 10. The lowest BCUT2D eigenvalue weighted by Gasteiger charge is -2.40. The van der Waals surface area contributed by atoms with Crippen LogP contribution >= 0.6 is 0 Å². The number of nitriles is 2. The van der Waals surface area contributed by atoms with Crippen LogP contribution in [0.15, 0.2) is 24.3 Å². The van der Waals surface area contributed by atoms with Gasteiger partial charge in [0.1, 0.15) is 49.8 Å². The number of nitrogen functional groups attached to an aromatic ring is 1. The Morgan fingerprint density at radius 2 is 1.58 bits per heavy atom. The monoisotopic (exact) mass is 453 g/mol. The van der Waals surface area contributed by atoms with E-state index in [0.29, 0.717) is 41.4 Å². The minimum Gasteiger partial charge on any atom is -0.486 e. The zero-order chi connectivity index (χ0) is 23.7. The fourth-order valence-corrected chi connectivity index (χ4v) is 4.18. The molecule has 2 aromatic carbocycles. The molecule has 2 aliphatic rings. The maximum Gasteiger partial charge on any atom is 0.161 e. The van der Waals surface area contributed by atoms with Gasteiger partial charge in [-0.05, 0) is 29.3 Å². The summed E-state index contributed by atoms with van der Waals surface area (Å²) < 4.78 is 16.8. The Hall–Kier alpha value is -3.38. The summed E-state index contributed by atoms with van der Waals surface area (Å²) >= 11 is 0. The van der Waals surface area contributed by atoms with Gasteiger partial charge < -0.3 is 40.4 Å². The number of nitrogens with zero attached hydrogens (tertiary/aromatic N) is 2. The van der Waals surface area contributed by atoms with Gasteiger partial charge in [0, 0.05) is 12.0 Å². The fourth-order valence-electron chi connectivity index (χ4n) is 4.18. The third kappa shape index (κ3) is 4.07. The van der Waals surface area contributed by atoms with Crippen LogP contribution in [0.2, 0.25) is 0 Å². The number of benzene rings is 2. The molecule has 2 heterocycles. The van der Waals surface area contributed by atoms with Crippen LogP contribution in [0.1, 0.15) is 16.7 Å². The molecule has 0 amide bonds. The van der Waals surface area contributed by atoms with Crippen molar-refractivity contribution in [2.24, 2.45) is 0 Å². The highest BCUT2D eigenvalue weighted by atomic mass is 16.6. The van der Waals surface area contributed by atoms with Crippen LogP contribution in [0, 0.1) is 22.7 Å². The van der Waals surface area contributed by atoms with E-state index >= 15 is 0 Å². The quantitative estimate of drug-likeness (QED) is 0.390. The van der Waals surface area contributed by atoms with E-state index in [1.807, 2.05) is 6.07 Å². The van der Waals surface area contributed by atoms with Crippen LogP contribution in [0.25, 0.3) is 11.1 Å². The van der Waals surface area contributed by atoms with E-state index in [2.05, 4.69) is 6.07 Å². The molecule has 0 bridgehead atoms. The predicted octanol–water partition coefficient (Wildman–Crippen LogP) is -0.165. The summed E-state index contributed by atoms with van der Waals surface area (Å²) in [6.07, 6.45) is -6.67. The summed E-state index contributed by atoms with van der Waals surface area (Å²) in [5, 5.41) is 59.5. The maximum absolute atomic E-state index is 10.4. The fraction of sp³-hybridized carbons (Fsp3) is 0.391. The van der Waals surface area contributed by atoms with Gasteiger partial charge in [0.15, 0.2) is 11.5 Å². The number of aliphatic hydroxyl groups is 4.